The van der Waals surface area contributed by atoms with Crippen LogP contribution in [0.5, 0.6) is 0 Å². The van der Waals surface area contributed by atoms with Gasteiger partial charge in [-0.15, -0.1) is 0 Å². The summed E-state index contributed by atoms with van der Waals surface area (Å²) in [6, 6.07) is 1.91. The molecule has 9 heteroatoms. The fourth-order valence-corrected chi connectivity index (χ4v) is 2.55. The van der Waals surface area contributed by atoms with Crippen LogP contribution in [0.4, 0.5) is 19.0 Å². The number of aromatic nitrogens is 2. The third-order valence-electron chi connectivity index (χ3n) is 3.47. The summed E-state index contributed by atoms with van der Waals surface area (Å²) in [6.07, 6.45) is -1.75. The molecule has 1 aliphatic heterocycles. The molecule has 1 atom stereocenters. The van der Waals surface area contributed by atoms with Crippen molar-refractivity contribution in [3.05, 3.63) is 11.8 Å². The highest BCUT2D eigenvalue weighted by Gasteiger charge is 2.34. The summed E-state index contributed by atoms with van der Waals surface area (Å²) >= 11 is 0. The minimum atomic E-state index is -4.27. The van der Waals surface area contributed by atoms with Crippen LogP contribution in [0.15, 0.2) is 6.20 Å². The average molecular weight is 315 g/mol. The molecule has 0 saturated carbocycles. The molecule has 1 saturated heterocycles. The monoisotopic (exact) mass is 315 g/mol. The number of nitrogens with zero attached hydrogens (tertiary/aromatic N) is 4. The van der Waals surface area contributed by atoms with Crippen molar-refractivity contribution < 1.29 is 18.0 Å². The number of alkyl halides is 3. The lowest BCUT2D eigenvalue weighted by molar-refractivity contribution is -0.151. The first-order chi connectivity index (χ1) is 10.3. The normalized spacial score (nSPS) is 19.7. The second-order valence-corrected chi connectivity index (χ2v) is 5.36. The van der Waals surface area contributed by atoms with E-state index in [9.17, 15) is 18.0 Å². The number of likely N-dealkylation sites (tertiary alicyclic amines) is 1. The van der Waals surface area contributed by atoms with Crippen molar-refractivity contribution in [2.24, 2.45) is 13.0 Å². The maximum atomic E-state index is 12.4. The highest BCUT2D eigenvalue weighted by molar-refractivity contribution is 5.92. The number of carbonyl (C=O) groups is 1. The Morgan fingerprint density at radius 2 is 2.32 bits per heavy atom. The van der Waals surface area contributed by atoms with Crippen molar-refractivity contribution in [3.63, 3.8) is 0 Å². The lowest BCUT2D eigenvalue weighted by atomic mass is 9.97. The number of anilines is 1. The fourth-order valence-electron chi connectivity index (χ4n) is 2.55. The van der Waals surface area contributed by atoms with Crippen LogP contribution in [-0.4, -0.2) is 46.4 Å². The Kier molecular flexibility index (Phi) is 4.71. The molecular formula is C13H16F3N5O. The van der Waals surface area contributed by atoms with Crippen LogP contribution in [0.1, 0.15) is 18.4 Å². The molecule has 1 unspecified atom stereocenters. The zero-order chi connectivity index (χ0) is 16.3. The Balaban J connectivity index is 1.99. The van der Waals surface area contributed by atoms with E-state index >= 15 is 0 Å². The van der Waals surface area contributed by atoms with Crippen molar-refractivity contribution in [1.29, 1.82) is 5.26 Å². The second kappa shape index (κ2) is 6.36. The molecule has 6 nitrogen and oxygen atoms in total. The van der Waals surface area contributed by atoms with Crippen molar-refractivity contribution in [2.75, 3.05) is 25.0 Å². The predicted molar refractivity (Wildman–Crippen MR) is 71.8 cm³/mol. The van der Waals surface area contributed by atoms with Gasteiger partial charge in [-0.1, -0.05) is 0 Å². The molecule has 1 aromatic rings. The maximum absolute atomic E-state index is 12.4. The number of hydrogen-bond acceptors (Lipinski definition) is 4. The minimum Gasteiger partial charge on any atom is -0.308 e. The molecule has 1 fully saturated rings. The number of halogens is 3. The van der Waals surface area contributed by atoms with Crippen molar-refractivity contribution in [3.8, 4) is 6.07 Å². The number of amides is 1. The van der Waals surface area contributed by atoms with E-state index in [2.05, 4.69) is 10.4 Å². The summed E-state index contributed by atoms with van der Waals surface area (Å²) in [7, 11) is 1.61. The Hall–Kier alpha value is -2.08. The third kappa shape index (κ3) is 4.21. The van der Waals surface area contributed by atoms with E-state index in [1.165, 1.54) is 15.8 Å². The predicted octanol–water partition coefficient (Wildman–Crippen LogP) is 1.50. The summed E-state index contributed by atoms with van der Waals surface area (Å²) in [5.74, 6) is -0.797. The summed E-state index contributed by atoms with van der Waals surface area (Å²) in [4.78, 5) is 13.4. The molecule has 120 valence electrons. The highest BCUT2D eigenvalue weighted by atomic mass is 19.4. The molecule has 0 radical (unpaired) electrons. The van der Waals surface area contributed by atoms with Gasteiger partial charge in [0.2, 0.25) is 5.91 Å². The molecule has 1 aliphatic rings. The number of carbonyl (C=O) groups excluding carboxylic acids is 1. The number of piperidine rings is 1. The van der Waals surface area contributed by atoms with Gasteiger partial charge in [0.15, 0.2) is 5.82 Å². The van der Waals surface area contributed by atoms with Crippen molar-refractivity contribution in [1.82, 2.24) is 14.7 Å². The van der Waals surface area contributed by atoms with E-state index in [-0.39, 0.29) is 17.9 Å². The second-order valence-electron chi connectivity index (χ2n) is 5.36. The topological polar surface area (TPSA) is 74.0 Å². The molecule has 2 heterocycles. The first-order valence-electron chi connectivity index (χ1n) is 6.82. The first kappa shape index (κ1) is 16.3. The molecular weight excluding hydrogens is 299 g/mol. The fraction of sp³-hybridized carbons (Fsp3) is 0.615. The van der Waals surface area contributed by atoms with E-state index in [1.54, 1.807) is 7.05 Å². The van der Waals surface area contributed by atoms with Crippen LogP contribution in [0, 0.1) is 17.2 Å². The summed E-state index contributed by atoms with van der Waals surface area (Å²) in [6.45, 7) is -0.625. The van der Waals surface area contributed by atoms with Gasteiger partial charge in [-0.25, -0.2) is 0 Å². The van der Waals surface area contributed by atoms with Crippen LogP contribution in [0.3, 0.4) is 0 Å². The molecule has 1 amide bonds. The molecule has 1 aromatic heterocycles. The number of nitriles is 1. The largest absolute Gasteiger partial charge is 0.401 e. The molecule has 0 spiro atoms. The van der Waals surface area contributed by atoms with Gasteiger partial charge in [0, 0.05) is 19.8 Å². The number of nitrogens with one attached hydrogen (secondary N) is 1. The van der Waals surface area contributed by atoms with Crippen LogP contribution in [0.25, 0.3) is 0 Å². The first-order valence-corrected chi connectivity index (χ1v) is 6.82. The lowest BCUT2D eigenvalue weighted by Gasteiger charge is -2.32. The maximum Gasteiger partial charge on any atom is 0.401 e. The smallest absolute Gasteiger partial charge is 0.308 e. The summed E-state index contributed by atoms with van der Waals surface area (Å²) in [5.41, 5.74) is 0.221. The third-order valence-corrected chi connectivity index (χ3v) is 3.47. The van der Waals surface area contributed by atoms with E-state index in [1.807, 2.05) is 6.07 Å². The van der Waals surface area contributed by atoms with Gasteiger partial charge < -0.3 is 5.32 Å². The van der Waals surface area contributed by atoms with Gasteiger partial charge in [-0.3, -0.25) is 14.4 Å². The van der Waals surface area contributed by atoms with E-state index in [0.29, 0.717) is 19.4 Å². The number of hydrogen-bond donors (Lipinski definition) is 1. The van der Waals surface area contributed by atoms with E-state index in [4.69, 9.17) is 5.26 Å². The number of aryl methyl sites for hydroxylation is 1. The SMILES string of the molecule is Cn1cc(C#N)c(NC(=O)C2CCCN(CC(F)(F)F)C2)n1. The molecule has 0 aliphatic carbocycles. The van der Waals surface area contributed by atoms with E-state index in [0.717, 1.165) is 0 Å². The summed E-state index contributed by atoms with van der Waals surface area (Å²) < 4.78 is 38.7. The zero-order valence-corrected chi connectivity index (χ0v) is 12.0. The Labute approximate surface area is 125 Å². The quantitative estimate of drug-likeness (QED) is 0.917. The average Bonchev–Trinajstić information content (AvgIpc) is 2.77. The molecule has 22 heavy (non-hydrogen) atoms. The van der Waals surface area contributed by atoms with Crippen LogP contribution < -0.4 is 5.32 Å². The lowest BCUT2D eigenvalue weighted by Crippen LogP contribution is -2.44. The molecule has 1 N–H and O–H groups in total. The Morgan fingerprint density at radius 3 is 2.95 bits per heavy atom. The zero-order valence-electron chi connectivity index (χ0n) is 12.0. The van der Waals surface area contributed by atoms with Gasteiger partial charge in [0.25, 0.3) is 0 Å². The van der Waals surface area contributed by atoms with Crippen molar-refractivity contribution >= 4 is 11.7 Å². The Bertz CT molecular complexity index is 589. The van der Waals surface area contributed by atoms with Gasteiger partial charge in [0.05, 0.1) is 12.5 Å². The van der Waals surface area contributed by atoms with Gasteiger partial charge >= 0.3 is 6.18 Å². The minimum absolute atomic E-state index is 0.0556. The van der Waals surface area contributed by atoms with Gasteiger partial charge in [-0.05, 0) is 19.4 Å². The van der Waals surface area contributed by atoms with Crippen LogP contribution >= 0.6 is 0 Å². The van der Waals surface area contributed by atoms with Crippen molar-refractivity contribution in [2.45, 2.75) is 19.0 Å². The number of rotatable bonds is 3. The van der Waals surface area contributed by atoms with Crippen LogP contribution in [-0.2, 0) is 11.8 Å². The van der Waals surface area contributed by atoms with Gasteiger partial charge in [0.1, 0.15) is 11.6 Å². The van der Waals surface area contributed by atoms with Gasteiger partial charge in [-0.2, -0.15) is 23.5 Å². The summed E-state index contributed by atoms with van der Waals surface area (Å²) in [5, 5.41) is 15.4. The molecule has 0 bridgehead atoms. The molecule has 0 aromatic carbocycles. The van der Waals surface area contributed by atoms with E-state index < -0.39 is 24.5 Å². The highest BCUT2D eigenvalue weighted by Crippen LogP contribution is 2.23. The standard InChI is InChI=1S/C13H16F3N5O/c1-20-6-10(5-17)11(19-20)18-12(22)9-3-2-4-21(7-9)8-13(14,15)16/h6,9H,2-4,7-8H2,1H3,(H,18,19,22). The molecule has 2 rings (SSSR count). The Morgan fingerprint density at radius 1 is 1.59 bits per heavy atom. The van der Waals surface area contributed by atoms with Crippen LogP contribution in [0.2, 0.25) is 0 Å².